The third-order valence-electron chi connectivity index (χ3n) is 6.08. The van der Waals surface area contributed by atoms with Gasteiger partial charge in [0.05, 0.1) is 17.6 Å². The van der Waals surface area contributed by atoms with E-state index in [1.165, 1.54) is 25.7 Å². The van der Waals surface area contributed by atoms with Gasteiger partial charge >= 0.3 is 0 Å². The molecule has 0 radical (unpaired) electrons. The van der Waals surface area contributed by atoms with Gasteiger partial charge in [0.1, 0.15) is 5.82 Å². The van der Waals surface area contributed by atoms with E-state index in [0.29, 0.717) is 12.1 Å². The minimum absolute atomic E-state index is 0.622. The molecule has 6 nitrogen and oxygen atoms in total. The minimum Gasteiger partial charge on any atom is -0.357 e. The van der Waals surface area contributed by atoms with Crippen LogP contribution >= 0.6 is 0 Å². The van der Waals surface area contributed by atoms with Crippen LogP contribution in [-0.4, -0.2) is 55.7 Å². The third kappa shape index (κ3) is 8.77. The highest BCUT2D eigenvalue weighted by atomic mass is 15.4. The van der Waals surface area contributed by atoms with Crippen molar-refractivity contribution in [1.82, 2.24) is 10.3 Å². The first-order chi connectivity index (χ1) is 15.9. The van der Waals surface area contributed by atoms with Crippen LogP contribution in [-0.2, 0) is 0 Å². The summed E-state index contributed by atoms with van der Waals surface area (Å²) in [5.41, 5.74) is 3.77. The molecule has 1 N–H and O–H groups in total. The van der Waals surface area contributed by atoms with E-state index >= 15 is 0 Å². The molecule has 2 rings (SSSR count). The summed E-state index contributed by atoms with van der Waals surface area (Å²) in [6.45, 7) is 18.4. The zero-order chi connectivity index (χ0) is 24.8. The van der Waals surface area contributed by atoms with Crippen molar-refractivity contribution in [2.45, 2.75) is 79.3 Å². The number of hydrogen-bond acceptors (Lipinski definition) is 6. The minimum atomic E-state index is 0.622. The Morgan fingerprint density at radius 3 is 2.33 bits per heavy atom. The molecule has 184 valence electrons. The highest BCUT2D eigenvalue weighted by Gasteiger charge is 2.21. The molecule has 1 saturated heterocycles. The maximum absolute atomic E-state index is 4.72. The highest BCUT2D eigenvalue weighted by Crippen LogP contribution is 2.21. The molecule has 2 heterocycles. The van der Waals surface area contributed by atoms with Gasteiger partial charge in [0, 0.05) is 50.6 Å². The fraction of sp³-hybridized carbons (Fsp3) is 0.593. The van der Waals surface area contributed by atoms with Gasteiger partial charge in [-0.1, -0.05) is 46.4 Å². The molecule has 1 aromatic rings. The lowest BCUT2D eigenvalue weighted by Gasteiger charge is -2.35. The molecule has 1 aromatic heterocycles. The molecule has 33 heavy (non-hydrogen) atoms. The lowest BCUT2D eigenvalue weighted by atomic mass is 10.0. The molecule has 1 aliphatic heterocycles. The highest BCUT2D eigenvalue weighted by molar-refractivity contribution is 6.23. The fourth-order valence-electron chi connectivity index (χ4n) is 3.97. The average Bonchev–Trinajstić information content (AvgIpc) is 2.86. The van der Waals surface area contributed by atoms with Crippen molar-refractivity contribution in [3.05, 3.63) is 42.6 Å². The van der Waals surface area contributed by atoms with Crippen LogP contribution < -0.4 is 15.2 Å². The van der Waals surface area contributed by atoms with E-state index in [2.05, 4.69) is 47.8 Å². The molecule has 0 spiro atoms. The quantitative estimate of drug-likeness (QED) is 0.273. The largest absolute Gasteiger partial charge is 0.357 e. The molecule has 0 aromatic carbocycles. The molecule has 0 unspecified atom stereocenters. The Morgan fingerprint density at radius 2 is 1.85 bits per heavy atom. The van der Waals surface area contributed by atoms with Crippen molar-refractivity contribution in [2.75, 3.05) is 37.1 Å². The number of aliphatic imine (C=N–C) groups is 1. The molecule has 6 heteroatoms. The first kappa shape index (κ1) is 28.6. The summed E-state index contributed by atoms with van der Waals surface area (Å²) in [6, 6.07) is 5.45. The van der Waals surface area contributed by atoms with E-state index in [0.717, 1.165) is 41.6 Å². The Hall–Kier alpha value is -2.47. The number of hydrogen-bond donors (Lipinski definition) is 1. The molecule has 1 aliphatic rings. The topological polar surface area (TPSA) is 56.1 Å². The predicted molar refractivity (Wildman–Crippen MR) is 147 cm³/mol. The van der Waals surface area contributed by atoms with Crippen molar-refractivity contribution in [3.63, 3.8) is 0 Å². The van der Waals surface area contributed by atoms with Crippen LogP contribution in [0, 0.1) is 0 Å². The molecular weight excluding hydrogens is 408 g/mol. The summed E-state index contributed by atoms with van der Waals surface area (Å²) in [5.74, 6) is 1.04. The number of pyridine rings is 1. The maximum atomic E-state index is 4.72. The Kier molecular flexibility index (Phi) is 13.3. The molecule has 0 amide bonds. The van der Waals surface area contributed by atoms with Gasteiger partial charge in [-0.05, 0) is 51.7 Å². The van der Waals surface area contributed by atoms with Crippen LogP contribution in [0.15, 0.2) is 52.7 Å². The molecule has 0 aliphatic carbocycles. The van der Waals surface area contributed by atoms with Crippen molar-refractivity contribution in [3.8, 4) is 0 Å². The second-order valence-corrected chi connectivity index (χ2v) is 8.15. The molecule has 0 bridgehead atoms. The number of nitrogens with one attached hydrogen (secondary N) is 1. The van der Waals surface area contributed by atoms with Gasteiger partial charge in [-0.3, -0.25) is 10.0 Å². The number of rotatable bonds is 10. The fourth-order valence-corrected chi connectivity index (χ4v) is 3.97. The van der Waals surface area contributed by atoms with E-state index in [1.54, 1.807) is 13.1 Å². The monoisotopic (exact) mass is 454 g/mol. The Labute approximate surface area is 202 Å². The van der Waals surface area contributed by atoms with E-state index in [4.69, 9.17) is 10.1 Å². The van der Waals surface area contributed by atoms with Gasteiger partial charge in [-0.25, -0.2) is 4.98 Å². The molecule has 0 saturated carbocycles. The van der Waals surface area contributed by atoms with Crippen molar-refractivity contribution >= 4 is 22.9 Å². The van der Waals surface area contributed by atoms with E-state index in [1.807, 2.05) is 52.0 Å². The number of aromatic nitrogens is 1. The van der Waals surface area contributed by atoms with Crippen molar-refractivity contribution in [1.29, 1.82) is 0 Å². The normalized spacial score (nSPS) is 15.9. The SMILES string of the molecule is C=C/C=C(C(C)=NC)/C(C)=N/N(C)c1ccc(N2CCC(NC(CC)CC)CC2)nc1.CC. The molecule has 1 fully saturated rings. The average molecular weight is 455 g/mol. The predicted octanol–water partition coefficient (Wildman–Crippen LogP) is 5.87. The smallest absolute Gasteiger partial charge is 0.128 e. The number of piperidine rings is 1. The summed E-state index contributed by atoms with van der Waals surface area (Å²) in [7, 11) is 3.73. The number of nitrogens with zero attached hydrogens (tertiary/aromatic N) is 5. The Morgan fingerprint density at radius 1 is 1.21 bits per heavy atom. The number of anilines is 2. The maximum Gasteiger partial charge on any atom is 0.128 e. The molecule has 0 atom stereocenters. The number of hydrazone groups is 1. The van der Waals surface area contributed by atoms with E-state index in [9.17, 15) is 0 Å². The zero-order valence-electron chi connectivity index (χ0n) is 22.2. The third-order valence-corrected chi connectivity index (χ3v) is 6.08. The standard InChI is InChI=1S/C25H40N6.C2H6/c1-8-11-24(19(4)26-6)20(5)29-30(7)23-12-13-25(27-18-23)31-16-14-22(15-17-31)28-21(9-2)10-3;1-2/h8,11-13,18,21-22,28H,1,9-10,14-17H2,2-7H3;1-2H3/b24-11+,26-19?,29-20+;. The van der Waals surface area contributed by atoms with Gasteiger partial charge in [0.2, 0.25) is 0 Å². The Balaban J connectivity index is 0.00000265. The second kappa shape index (κ2) is 15.4. The first-order valence-electron chi connectivity index (χ1n) is 12.5. The van der Waals surface area contributed by atoms with Crippen LogP contribution in [0.5, 0.6) is 0 Å². The summed E-state index contributed by atoms with van der Waals surface area (Å²) >= 11 is 0. The zero-order valence-corrected chi connectivity index (χ0v) is 22.2. The van der Waals surface area contributed by atoms with E-state index < -0.39 is 0 Å². The van der Waals surface area contributed by atoms with Gasteiger partial charge in [-0.15, -0.1) is 0 Å². The van der Waals surface area contributed by atoms with Crippen molar-refractivity contribution in [2.24, 2.45) is 10.1 Å². The van der Waals surface area contributed by atoms with Gasteiger partial charge in [0.15, 0.2) is 0 Å². The van der Waals surface area contributed by atoms with Crippen LogP contribution in [0.2, 0.25) is 0 Å². The van der Waals surface area contributed by atoms with Crippen molar-refractivity contribution < 1.29 is 0 Å². The Bertz CT molecular complexity index is 781. The van der Waals surface area contributed by atoms with Crippen LogP contribution in [0.4, 0.5) is 11.5 Å². The van der Waals surface area contributed by atoms with Crippen LogP contribution in [0.3, 0.4) is 0 Å². The summed E-state index contributed by atoms with van der Waals surface area (Å²) in [5, 5.41) is 10.4. The lowest BCUT2D eigenvalue weighted by Crippen LogP contribution is -2.46. The van der Waals surface area contributed by atoms with Crippen LogP contribution in [0.25, 0.3) is 0 Å². The lowest BCUT2D eigenvalue weighted by molar-refractivity contribution is 0.353. The summed E-state index contributed by atoms with van der Waals surface area (Å²) in [6.07, 6.45) is 10.3. The summed E-state index contributed by atoms with van der Waals surface area (Å²) < 4.78 is 0. The van der Waals surface area contributed by atoms with Gasteiger partial charge < -0.3 is 10.2 Å². The number of allylic oxidation sites excluding steroid dienone is 3. The second-order valence-electron chi connectivity index (χ2n) is 8.15. The van der Waals surface area contributed by atoms with E-state index in [-0.39, 0.29) is 0 Å². The van der Waals surface area contributed by atoms with Gasteiger partial charge in [0.25, 0.3) is 0 Å². The summed E-state index contributed by atoms with van der Waals surface area (Å²) in [4.78, 5) is 11.4. The van der Waals surface area contributed by atoms with Gasteiger partial charge in [-0.2, -0.15) is 5.10 Å². The first-order valence-corrected chi connectivity index (χ1v) is 12.5. The van der Waals surface area contributed by atoms with Crippen LogP contribution in [0.1, 0.15) is 67.2 Å². The molecular formula is C27H46N6.